The smallest absolute Gasteiger partial charge is 0.332 e. The van der Waals surface area contributed by atoms with E-state index in [9.17, 15) is 9.59 Å². The molecule has 1 saturated carbocycles. The maximum absolute atomic E-state index is 13.3. The van der Waals surface area contributed by atoms with Gasteiger partial charge in [-0.1, -0.05) is 30.5 Å². The summed E-state index contributed by atoms with van der Waals surface area (Å²) in [6.07, 6.45) is 3.23. The number of aromatic nitrogens is 5. The summed E-state index contributed by atoms with van der Waals surface area (Å²) in [6, 6.07) is 7.18. The van der Waals surface area contributed by atoms with Gasteiger partial charge in [0.05, 0.1) is 12.6 Å². The third-order valence-corrected chi connectivity index (χ3v) is 6.34. The first kappa shape index (κ1) is 19.1. The molecule has 4 aromatic rings. The summed E-state index contributed by atoms with van der Waals surface area (Å²) >= 11 is 6.25. The molecule has 30 heavy (non-hydrogen) atoms. The van der Waals surface area contributed by atoms with E-state index in [1.165, 1.54) is 22.0 Å². The molecule has 0 amide bonds. The van der Waals surface area contributed by atoms with Crippen molar-refractivity contribution >= 4 is 33.7 Å². The van der Waals surface area contributed by atoms with Crippen LogP contribution in [0.2, 0.25) is 5.02 Å². The van der Waals surface area contributed by atoms with E-state index in [0.717, 1.165) is 23.0 Å². The van der Waals surface area contributed by atoms with Gasteiger partial charge in [-0.15, -0.1) is 0 Å². The molecule has 3 aromatic heterocycles. The summed E-state index contributed by atoms with van der Waals surface area (Å²) in [5.74, 6) is 1.27. The van der Waals surface area contributed by atoms with Gasteiger partial charge < -0.3 is 15.3 Å². The Hall–Kier alpha value is -2.84. The molecule has 156 valence electrons. The number of hydrogen-bond donors (Lipinski definition) is 2. The first-order valence-corrected chi connectivity index (χ1v) is 10.4. The predicted molar refractivity (Wildman–Crippen MR) is 117 cm³/mol. The first-order chi connectivity index (χ1) is 14.3. The first-order valence-electron chi connectivity index (χ1n) is 10.0. The van der Waals surface area contributed by atoms with Crippen LogP contribution in [0.1, 0.15) is 36.8 Å². The average molecular weight is 427 g/mol. The van der Waals surface area contributed by atoms with Crippen molar-refractivity contribution < 1.29 is 0 Å². The van der Waals surface area contributed by atoms with E-state index in [0.29, 0.717) is 27.9 Å². The number of halogens is 1. The van der Waals surface area contributed by atoms with Gasteiger partial charge in [-0.2, -0.15) is 0 Å². The van der Waals surface area contributed by atoms with Gasteiger partial charge in [-0.25, -0.2) is 9.78 Å². The van der Waals surface area contributed by atoms with Crippen LogP contribution >= 0.6 is 11.6 Å². The molecule has 0 bridgehead atoms. The molecule has 3 N–H and O–H groups in total. The predicted octanol–water partition coefficient (Wildman–Crippen LogP) is 2.42. The van der Waals surface area contributed by atoms with E-state index in [-0.39, 0.29) is 18.1 Å². The van der Waals surface area contributed by atoms with Crippen LogP contribution in [0.5, 0.6) is 0 Å². The maximum atomic E-state index is 13.3. The molecule has 1 aliphatic rings. The van der Waals surface area contributed by atoms with E-state index in [2.05, 4.69) is 9.97 Å². The molecule has 1 aromatic carbocycles. The van der Waals surface area contributed by atoms with Gasteiger partial charge in [-0.3, -0.25) is 13.9 Å². The zero-order valence-corrected chi connectivity index (χ0v) is 17.6. The minimum absolute atomic E-state index is 0.112. The molecule has 0 aliphatic heterocycles. The van der Waals surface area contributed by atoms with Gasteiger partial charge in [0.2, 0.25) is 0 Å². The minimum Gasteiger partial charge on any atom is -0.357 e. The van der Waals surface area contributed by atoms with E-state index in [4.69, 9.17) is 17.3 Å². The standard InChI is InChI=1S/C21H23ClN6O2/c1-26-17-19(25-18(26)15(23)8-11-6-7-11)27(2)21(30)28(20(17)29)10-12-9-13-14(22)4-3-5-16(13)24-12/h3-5,9,11,15,24H,6-8,10,23H2,1-2H3. The molecule has 3 heterocycles. The van der Waals surface area contributed by atoms with Crippen molar-refractivity contribution in [3.63, 3.8) is 0 Å². The lowest BCUT2D eigenvalue weighted by molar-refractivity contribution is 0.553. The Morgan fingerprint density at radius 2 is 2.03 bits per heavy atom. The SMILES string of the molecule is Cn1c(C(N)CC2CC2)nc2c1c(=O)n(Cc1cc3c(Cl)cccc3[nH]1)c(=O)n2C. The van der Waals surface area contributed by atoms with E-state index in [1.807, 2.05) is 18.2 Å². The molecule has 0 spiro atoms. The number of imidazole rings is 1. The molecule has 9 heteroatoms. The van der Waals surface area contributed by atoms with Gasteiger partial charge in [0.1, 0.15) is 5.82 Å². The third-order valence-electron chi connectivity index (χ3n) is 6.01. The monoisotopic (exact) mass is 426 g/mol. The van der Waals surface area contributed by atoms with Crippen LogP contribution in [0.3, 0.4) is 0 Å². The summed E-state index contributed by atoms with van der Waals surface area (Å²) in [6.45, 7) is 0.112. The Kier molecular flexibility index (Phi) is 4.37. The topological polar surface area (TPSA) is 104 Å². The summed E-state index contributed by atoms with van der Waals surface area (Å²) in [5, 5.41) is 1.47. The Bertz CT molecular complexity index is 1410. The van der Waals surface area contributed by atoms with Gasteiger partial charge in [0, 0.05) is 35.7 Å². The Morgan fingerprint density at radius 1 is 1.27 bits per heavy atom. The summed E-state index contributed by atoms with van der Waals surface area (Å²) in [7, 11) is 3.42. The van der Waals surface area contributed by atoms with Crippen LogP contribution in [0, 0.1) is 5.92 Å². The highest BCUT2D eigenvalue weighted by atomic mass is 35.5. The Labute approximate surface area is 176 Å². The summed E-state index contributed by atoms with van der Waals surface area (Å²) < 4.78 is 4.38. The Balaban J connectivity index is 1.63. The fourth-order valence-corrected chi connectivity index (χ4v) is 4.41. The zero-order chi connectivity index (χ0) is 21.2. The fraction of sp³-hybridized carbons (Fsp3) is 0.381. The Morgan fingerprint density at radius 3 is 2.73 bits per heavy atom. The van der Waals surface area contributed by atoms with Gasteiger partial charge in [0.15, 0.2) is 11.2 Å². The number of benzene rings is 1. The van der Waals surface area contributed by atoms with Crippen LogP contribution in [-0.4, -0.2) is 23.7 Å². The van der Waals surface area contributed by atoms with Crippen molar-refractivity contribution in [3.05, 3.63) is 61.6 Å². The number of nitrogens with one attached hydrogen (secondary N) is 1. The van der Waals surface area contributed by atoms with Crippen LogP contribution in [0.25, 0.3) is 22.1 Å². The van der Waals surface area contributed by atoms with Crippen LogP contribution in [0.4, 0.5) is 0 Å². The molecule has 0 radical (unpaired) electrons. The molecule has 1 aliphatic carbocycles. The van der Waals surface area contributed by atoms with Crippen LogP contribution in [0.15, 0.2) is 33.9 Å². The number of nitrogens with two attached hydrogens (primary N) is 1. The lowest BCUT2D eigenvalue weighted by Gasteiger charge is -2.10. The van der Waals surface area contributed by atoms with E-state index >= 15 is 0 Å². The lowest BCUT2D eigenvalue weighted by Crippen LogP contribution is -2.39. The lowest BCUT2D eigenvalue weighted by atomic mass is 10.1. The maximum Gasteiger partial charge on any atom is 0.332 e. The minimum atomic E-state index is -0.419. The molecule has 0 saturated heterocycles. The highest BCUT2D eigenvalue weighted by Crippen LogP contribution is 2.36. The van der Waals surface area contributed by atoms with Crippen molar-refractivity contribution in [2.24, 2.45) is 25.7 Å². The zero-order valence-electron chi connectivity index (χ0n) is 16.9. The largest absolute Gasteiger partial charge is 0.357 e. The average Bonchev–Trinajstić information content (AvgIpc) is 3.30. The molecular formula is C21H23ClN6O2. The van der Waals surface area contributed by atoms with E-state index in [1.54, 1.807) is 24.7 Å². The van der Waals surface area contributed by atoms with Crippen molar-refractivity contribution in [2.45, 2.75) is 31.8 Å². The van der Waals surface area contributed by atoms with Crippen molar-refractivity contribution in [3.8, 4) is 0 Å². The molecule has 1 fully saturated rings. The summed E-state index contributed by atoms with van der Waals surface area (Å²) in [5.41, 5.74) is 7.90. The number of hydrogen-bond acceptors (Lipinski definition) is 4. The third kappa shape index (κ3) is 2.98. The second kappa shape index (κ2) is 6.85. The number of aryl methyl sites for hydroxylation is 2. The molecule has 1 unspecified atom stereocenters. The van der Waals surface area contributed by atoms with Crippen LogP contribution < -0.4 is 17.0 Å². The normalized spacial score (nSPS) is 15.3. The number of nitrogens with zero attached hydrogens (tertiary/aromatic N) is 4. The van der Waals surface area contributed by atoms with Crippen LogP contribution in [-0.2, 0) is 20.6 Å². The second-order valence-corrected chi connectivity index (χ2v) is 8.62. The van der Waals surface area contributed by atoms with Gasteiger partial charge >= 0.3 is 5.69 Å². The van der Waals surface area contributed by atoms with Crippen molar-refractivity contribution in [2.75, 3.05) is 0 Å². The highest BCUT2D eigenvalue weighted by molar-refractivity contribution is 6.35. The van der Waals surface area contributed by atoms with Crippen molar-refractivity contribution in [1.29, 1.82) is 0 Å². The number of fused-ring (bicyclic) bond motifs is 2. The summed E-state index contributed by atoms with van der Waals surface area (Å²) in [4.78, 5) is 34.1. The number of rotatable bonds is 5. The number of aromatic amines is 1. The fourth-order valence-electron chi connectivity index (χ4n) is 4.18. The second-order valence-electron chi connectivity index (χ2n) is 8.22. The highest BCUT2D eigenvalue weighted by Gasteiger charge is 2.28. The van der Waals surface area contributed by atoms with Gasteiger partial charge in [0.25, 0.3) is 5.56 Å². The molecule has 5 rings (SSSR count). The quantitative estimate of drug-likeness (QED) is 0.511. The van der Waals surface area contributed by atoms with E-state index < -0.39 is 5.69 Å². The molecule has 8 nitrogen and oxygen atoms in total. The molecular weight excluding hydrogens is 404 g/mol. The number of H-pyrrole nitrogens is 1. The van der Waals surface area contributed by atoms with Crippen molar-refractivity contribution in [1.82, 2.24) is 23.7 Å². The molecule has 1 atom stereocenters. The van der Waals surface area contributed by atoms with Gasteiger partial charge in [-0.05, 0) is 30.5 Å².